The molecule has 2 N–H and O–H groups in total. The fourth-order valence-corrected chi connectivity index (χ4v) is 2.25. The molecule has 0 aromatic carbocycles. The van der Waals surface area contributed by atoms with Gasteiger partial charge in [0, 0.05) is 12.7 Å². The van der Waals surface area contributed by atoms with Crippen LogP contribution in [0.1, 0.15) is 5.69 Å². The normalized spacial score (nSPS) is 11.1. The predicted molar refractivity (Wildman–Crippen MR) is 74.4 cm³/mol. The summed E-state index contributed by atoms with van der Waals surface area (Å²) in [5, 5.41) is 11.9. The largest absolute Gasteiger partial charge is 0.364 e. The van der Waals surface area contributed by atoms with Crippen molar-refractivity contribution in [3.8, 4) is 0 Å². The molecule has 3 rings (SSSR count). The van der Waals surface area contributed by atoms with Gasteiger partial charge < -0.3 is 9.88 Å². The van der Waals surface area contributed by atoms with Gasteiger partial charge in [0.2, 0.25) is 0 Å². The first kappa shape index (κ1) is 12.3. The van der Waals surface area contributed by atoms with Crippen LogP contribution in [0.4, 0.5) is 5.82 Å². The summed E-state index contributed by atoms with van der Waals surface area (Å²) in [6.45, 7) is 0.556. The zero-order chi connectivity index (χ0) is 13.4. The van der Waals surface area contributed by atoms with Crippen molar-refractivity contribution >= 4 is 40.1 Å². The Balaban J connectivity index is 1.86. The summed E-state index contributed by atoms with van der Waals surface area (Å²) in [5.41, 5.74) is 1.66. The van der Waals surface area contributed by atoms with E-state index in [0.717, 1.165) is 11.1 Å². The van der Waals surface area contributed by atoms with E-state index in [-0.39, 0.29) is 0 Å². The number of rotatable bonds is 3. The van der Waals surface area contributed by atoms with Crippen LogP contribution in [-0.4, -0.2) is 24.7 Å². The third-order valence-corrected chi connectivity index (χ3v) is 3.74. The van der Waals surface area contributed by atoms with Crippen LogP contribution in [0.25, 0.3) is 11.0 Å². The van der Waals surface area contributed by atoms with Gasteiger partial charge in [-0.2, -0.15) is 5.10 Å². The van der Waals surface area contributed by atoms with E-state index in [1.165, 1.54) is 6.33 Å². The van der Waals surface area contributed by atoms with Crippen molar-refractivity contribution < 1.29 is 0 Å². The van der Waals surface area contributed by atoms with Gasteiger partial charge in [0.1, 0.15) is 17.3 Å². The van der Waals surface area contributed by atoms with Gasteiger partial charge >= 0.3 is 0 Å². The van der Waals surface area contributed by atoms with E-state index in [9.17, 15) is 0 Å². The highest BCUT2D eigenvalue weighted by molar-refractivity contribution is 6.41. The molecule has 98 valence electrons. The Morgan fingerprint density at radius 3 is 2.95 bits per heavy atom. The average Bonchev–Trinajstić information content (AvgIpc) is 2.98. The average molecular weight is 297 g/mol. The van der Waals surface area contributed by atoms with E-state index in [0.29, 0.717) is 28.2 Å². The number of hydrogen-bond donors (Lipinski definition) is 2. The molecule has 0 unspecified atom stereocenters. The first-order valence-corrected chi connectivity index (χ1v) is 6.30. The molecule has 0 aliphatic carbocycles. The van der Waals surface area contributed by atoms with Crippen molar-refractivity contribution in [1.82, 2.24) is 24.7 Å². The minimum absolute atomic E-state index is 0.523. The number of hydrogen-bond acceptors (Lipinski definition) is 4. The highest BCUT2D eigenvalue weighted by Gasteiger charge is 2.10. The van der Waals surface area contributed by atoms with E-state index < -0.39 is 0 Å². The van der Waals surface area contributed by atoms with Gasteiger partial charge in [-0.3, -0.25) is 5.10 Å². The topological polar surface area (TPSA) is 71.4 Å². The van der Waals surface area contributed by atoms with E-state index in [1.807, 2.05) is 17.7 Å². The summed E-state index contributed by atoms with van der Waals surface area (Å²) in [6.07, 6.45) is 3.16. The lowest BCUT2D eigenvalue weighted by Gasteiger charge is -2.07. The Labute approximate surface area is 118 Å². The summed E-state index contributed by atoms with van der Waals surface area (Å²) in [6, 6.07) is 1.82. The minimum atomic E-state index is 0.523. The van der Waals surface area contributed by atoms with Gasteiger partial charge in [-0.15, -0.1) is 0 Å². The number of H-pyrrole nitrogens is 1. The number of nitrogens with zero attached hydrogens (tertiary/aromatic N) is 4. The van der Waals surface area contributed by atoms with Crippen molar-refractivity contribution in [3.05, 3.63) is 34.5 Å². The smallest absolute Gasteiger partial charge is 0.160 e. The molecule has 3 aromatic rings. The van der Waals surface area contributed by atoms with Gasteiger partial charge in [0.15, 0.2) is 5.65 Å². The second-order valence-electron chi connectivity index (χ2n) is 4.04. The molecule has 3 aromatic heterocycles. The molecule has 0 saturated heterocycles. The summed E-state index contributed by atoms with van der Waals surface area (Å²) in [5.74, 6) is 0.715. The molecule has 0 aliphatic heterocycles. The Hall–Kier alpha value is -1.79. The Kier molecular flexibility index (Phi) is 3.04. The van der Waals surface area contributed by atoms with Crippen molar-refractivity contribution in [2.75, 3.05) is 5.32 Å². The Morgan fingerprint density at radius 2 is 2.21 bits per heavy atom. The van der Waals surface area contributed by atoms with Crippen LogP contribution in [0.3, 0.4) is 0 Å². The van der Waals surface area contributed by atoms with Crippen LogP contribution in [0.5, 0.6) is 0 Å². The third kappa shape index (κ3) is 2.13. The Bertz CT molecular complexity index is 732. The standard InChI is InChI=1S/C11H10Cl2N6/c1-19-6(2-8(12)9(19)13)3-14-10-7-4-17-18-11(7)16-5-15-10/h2,4-5H,3H2,1H3,(H2,14,15,16,17,18). The van der Waals surface area contributed by atoms with Gasteiger partial charge in [0.25, 0.3) is 0 Å². The highest BCUT2D eigenvalue weighted by Crippen LogP contribution is 2.26. The molecule has 0 atom stereocenters. The molecule has 0 aliphatic rings. The van der Waals surface area contributed by atoms with Crippen LogP contribution in [0, 0.1) is 0 Å². The molecule has 19 heavy (non-hydrogen) atoms. The number of halogens is 2. The van der Waals surface area contributed by atoms with Crippen LogP contribution in [-0.2, 0) is 13.6 Å². The van der Waals surface area contributed by atoms with Gasteiger partial charge in [0.05, 0.1) is 23.2 Å². The number of aromatic nitrogens is 5. The van der Waals surface area contributed by atoms with Gasteiger partial charge in [-0.05, 0) is 6.07 Å². The lowest BCUT2D eigenvalue weighted by atomic mass is 10.3. The van der Waals surface area contributed by atoms with E-state index in [4.69, 9.17) is 23.2 Å². The lowest BCUT2D eigenvalue weighted by molar-refractivity contribution is 0.841. The quantitative estimate of drug-likeness (QED) is 0.779. The number of anilines is 1. The molecule has 0 spiro atoms. The van der Waals surface area contributed by atoms with Crippen LogP contribution < -0.4 is 5.32 Å². The number of fused-ring (bicyclic) bond motifs is 1. The maximum atomic E-state index is 6.02. The highest BCUT2D eigenvalue weighted by atomic mass is 35.5. The van der Waals surface area contributed by atoms with Crippen molar-refractivity contribution in [2.45, 2.75) is 6.54 Å². The molecule has 0 amide bonds. The zero-order valence-corrected chi connectivity index (χ0v) is 11.5. The van der Waals surface area contributed by atoms with Crippen molar-refractivity contribution in [2.24, 2.45) is 7.05 Å². The summed E-state index contributed by atoms with van der Waals surface area (Å²) in [4.78, 5) is 8.27. The molecule has 8 heteroatoms. The summed E-state index contributed by atoms with van der Waals surface area (Å²) >= 11 is 12.0. The second kappa shape index (κ2) is 4.71. The monoisotopic (exact) mass is 296 g/mol. The SMILES string of the molecule is Cn1c(CNc2ncnc3[nH]ncc23)cc(Cl)c1Cl. The number of aromatic amines is 1. The zero-order valence-electron chi connectivity index (χ0n) is 9.98. The fourth-order valence-electron chi connectivity index (χ4n) is 1.84. The summed E-state index contributed by atoms with van der Waals surface area (Å²) in [7, 11) is 1.86. The maximum absolute atomic E-state index is 6.02. The molecular formula is C11H10Cl2N6. The van der Waals surface area contributed by atoms with Crippen LogP contribution in [0.15, 0.2) is 18.6 Å². The molecule has 0 fully saturated rings. The van der Waals surface area contributed by atoms with Crippen molar-refractivity contribution in [3.63, 3.8) is 0 Å². The lowest BCUT2D eigenvalue weighted by Crippen LogP contribution is -2.06. The maximum Gasteiger partial charge on any atom is 0.160 e. The minimum Gasteiger partial charge on any atom is -0.364 e. The van der Waals surface area contributed by atoms with Crippen LogP contribution >= 0.6 is 23.2 Å². The second-order valence-corrected chi connectivity index (χ2v) is 4.81. The van der Waals surface area contributed by atoms with E-state index in [2.05, 4.69) is 25.5 Å². The molecule has 0 radical (unpaired) electrons. The molecule has 3 heterocycles. The predicted octanol–water partition coefficient (Wildman–Crippen LogP) is 2.61. The number of nitrogens with one attached hydrogen (secondary N) is 2. The van der Waals surface area contributed by atoms with E-state index in [1.54, 1.807) is 6.20 Å². The fraction of sp³-hybridized carbons (Fsp3) is 0.182. The van der Waals surface area contributed by atoms with Gasteiger partial charge in [-0.1, -0.05) is 23.2 Å². The first-order valence-electron chi connectivity index (χ1n) is 5.54. The molecule has 6 nitrogen and oxygen atoms in total. The molecule has 0 bridgehead atoms. The third-order valence-electron chi connectivity index (χ3n) is 2.90. The Morgan fingerprint density at radius 1 is 1.37 bits per heavy atom. The van der Waals surface area contributed by atoms with Crippen LogP contribution in [0.2, 0.25) is 10.2 Å². The first-order chi connectivity index (χ1) is 9.16. The molecular weight excluding hydrogens is 287 g/mol. The molecule has 0 saturated carbocycles. The van der Waals surface area contributed by atoms with E-state index >= 15 is 0 Å². The summed E-state index contributed by atoms with van der Waals surface area (Å²) < 4.78 is 1.82. The van der Waals surface area contributed by atoms with Gasteiger partial charge in [-0.25, -0.2) is 9.97 Å². The van der Waals surface area contributed by atoms with Crippen molar-refractivity contribution in [1.29, 1.82) is 0 Å².